The molecule has 1 fully saturated rings. The predicted octanol–water partition coefficient (Wildman–Crippen LogP) is 2.64. The van der Waals surface area contributed by atoms with Gasteiger partial charge in [0.05, 0.1) is 11.1 Å². The van der Waals surface area contributed by atoms with E-state index in [1.54, 1.807) is 0 Å². The van der Waals surface area contributed by atoms with Crippen molar-refractivity contribution in [2.75, 3.05) is 6.61 Å². The SMILES string of the molecule is O=C(O)c1cc(F)cc2[nH]c(C3CCCCO3)nc12. The molecular formula is C13H13FN2O3. The minimum atomic E-state index is -1.19. The zero-order valence-corrected chi connectivity index (χ0v) is 10.1. The molecule has 6 heteroatoms. The molecule has 2 aromatic rings. The number of aromatic nitrogens is 2. The van der Waals surface area contributed by atoms with Crippen molar-refractivity contribution in [3.8, 4) is 0 Å². The Labute approximate surface area is 108 Å². The van der Waals surface area contributed by atoms with Crippen molar-refractivity contribution >= 4 is 17.0 Å². The summed E-state index contributed by atoms with van der Waals surface area (Å²) >= 11 is 0. The number of hydrogen-bond donors (Lipinski definition) is 2. The van der Waals surface area contributed by atoms with Gasteiger partial charge in [-0.3, -0.25) is 0 Å². The predicted molar refractivity (Wildman–Crippen MR) is 65.6 cm³/mol. The van der Waals surface area contributed by atoms with Crippen LogP contribution >= 0.6 is 0 Å². The number of aromatic carboxylic acids is 1. The number of carboxylic acids is 1. The summed E-state index contributed by atoms with van der Waals surface area (Å²) in [5, 5.41) is 9.08. The van der Waals surface area contributed by atoms with E-state index in [1.165, 1.54) is 6.07 Å². The smallest absolute Gasteiger partial charge is 0.338 e. The lowest BCUT2D eigenvalue weighted by atomic mass is 10.1. The number of benzene rings is 1. The third kappa shape index (κ3) is 2.19. The van der Waals surface area contributed by atoms with Crippen molar-refractivity contribution in [2.24, 2.45) is 0 Å². The molecule has 0 bridgehead atoms. The van der Waals surface area contributed by atoms with E-state index in [4.69, 9.17) is 9.84 Å². The lowest BCUT2D eigenvalue weighted by Gasteiger charge is -2.20. The van der Waals surface area contributed by atoms with E-state index < -0.39 is 11.8 Å². The normalized spacial score (nSPS) is 19.7. The second-order valence-corrected chi connectivity index (χ2v) is 4.63. The molecule has 0 amide bonds. The molecule has 1 saturated heterocycles. The molecule has 1 unspecified atom stereocenters. The van der Waals surface area contributed by atoms with Gasteiger partial charge in [-0.25, -0.2) is 14.2 Å². The number of nitrogens with zero attached hydrogens (tertiary/aromatic N) is 1. The standard InChI is InChI=1S/C13H13FN2O3/c14-7-5-8(13(17)18)11-9(6-7)15-12(16-11)10-3-1-2-4-19-10/h5-6,10H,1-4H2,(H,15,16)(H,17,18). The van der Waals surface area contributed by atoms with Gasteiger partial charge in [-0.05, 0) is 31.4 Å². The first-order chi connectivity index (χ1) is 9.15. The van der Waals surface area contributed by atoms with Gasteiger partial charge in [0.25, 0.3) is 0 Å². The topological polar surface area (TPSA) is 75.2 Å². The highest BCUT2D eigenvalue weighted by Crippen LogP contribution is 2.28. The van der Waals surface area contributed by atoms with Crippen LogP contribution in [0.3, 0.4) is 0 Å². The largest absolute Gasteiger partial charge is 0.478 e. The van der Waals surface area contributed by atoms with Gasteiger partial charge in [0, 0.05) is 6.61 Å². The first kappa shape index (κ1) is 12.1. The van der Waals surface area contributed by atoms with Gasteiger partial charge >= 0.3 is 5.97 Å². The van der Waals surface area contributed by atoms with Crippen LogP contribution < -0.4 is 0 Å². The van der Waals surface area contributed by atoms with E-state index in [9.17, 15) is 9.18 Å². The molecule has 1 aromatic heterocycles. The number of nitrogens with one attached hydrogen (secondary N) is 1. The Balaban J connectivity index is 2.09. The zero-order valence-electron chi connectivity index (χ0n) is 10.1. The summed E-state index contributed by atoms with van der Waals surface area (Å²) in [6.45, 7) is 0.669. The summed E-state index contributed by atoms with van der Waals surface area (Å²) in [5.41, 5.74) is 0.535. The van der Waals surface area contributed by atoms with Crippen LogP contribution in [-0.4, -0.2) is 27.7 Å². The molecule has 5 nitrogen and oxygen atoms in total. The van der Waals surface area contributed by atoms with Gasteiger partial charge in [-0.1, -0.05) is 0 Å². The highest BCUT2D eigenvalue weighted by Gasteiger charge is 2.22. The van der Waals surface area contributed by atoms with E-state index in [-0.39, 0.29) is 17.2 Å². The minimum absolute atomic E-state index is 0.131. The van der Waals surface area contributed by atoms with Crippen LogP contribution in [0.15, 0.2) is 12.1 Å². The maximum absolute atomic E-state index is 13.4. The maximum Gasteiger partial charge on any atom is 0.338 e. The third-order valence-corrected chi connectivity index (χ3v) is 3.28. The highest BCUT2D eigenvalue weighted by atomic mass is 19.1. The zero-order chi connectivity index (χ0) is 13.4. The Morgan fingerprint density at radius 1 is 1.47 bits per heavy atom. The fourth-order valence-electron chi connectivity index (χ4n) is 2.37. The van der Waals surface area contributed by atoms with Crippen molar-refractivity contribution in [1.29, 1.82) is 0 Å². The second kappa shape index (κ2) is 4.62. The average molecular weight is 264 g/mol. The molecule has 1 atom stereocenters. The minimum Gasteiger partial charge on any atom is -0.478 e. The molecule has 1 aliphatic heterocycles. The summed E-state index contributed by atoms with van der Waals surface area (Å²) in [6.07, 6.45) is 2.74. The van der Waals surface area contributed by atoms with E-state index in [2.05, 4.69) is 9.97 Å². The molecule has 100 valence electrons. The van der Waals surface area contributed by atoms with E-state index >= 15 is 0 Å². The number of carboxylic acid groups (broad SMARTS) is 1. The van der Waals surface area contributed by atoms with Gasteiger partial charge in [-0.15, -0.1) is 0 Å². The Morgan fingerprint density at radius 2 is 2.32 bits per heavy atom. The summed E-state index contributed by atoms with van der Waals surface area (Å²) in [4.78, 5) is 18.3. The average Bonchev–Trinajstić information content (AvgIpc) is 2.82. The van der Waals surface area contributed by atoms with E-state index in [0.717, 1.165) is 25.3 Å². The lowest BCUT2D eigenvalue weighted by molar-refractivity contribution is 0.0101. The van der Waals surface area contributed by atoms with Gasteiger partial charge < -0.3 is 14.8 Å². The lowest BCUT2D eigenvalue weighted by Crippen LogP contribution is -2.12. The van der Waals surface area contributed by atoms with Crippen molar-refractivity contribution in [3.63, 3.8) is 0 Å². The van der Waals surface area contributed by atoms with Gasteiger partial charge in [-0.2, -0.15) is 0 Å². The number of halogens is 1. The molecular weight excluding hydrogens is 251 g/mol. The van der Waals surface area contributed by atoms with Crippen molar-refractivity contribution in [3.05, 3.63) is 29.3 Å². The Hall–Kier alpha value is -1.95. The van der Waals surface area contributed by atoms with Gasteiger partial charge in [0.1, 0.15) is 23.3 Å². The first-order valence-corrected chi connectivity index (χ1v) is 6.19. The quantitative estimate of drug-likeness (QED) is 0.874. The van der Waals surface area contributed by atoms with Crippen LogP contribution in [0.4, 0.5) is 4.39 Å². The van der Waals surface area contributed by atoms with Gasteiger partial charge in [0.15, 0.2) is 0 Å². The summed E-state index contributed by atoms with van der Waals surface area (Å²) < 4.78 is 19.0. The van der Waals surface area contributed by atoms with Crippen molar-refractivity contribution < 1.29 is 19.0 Å². The molecule has 0 radical (unpaired) electrons. The van der Waals surface area contributed by atoms with E-state index in [1.807, 2.05) is 0 Å². The molecule has 1 aliphatic rings. The Morgan fingerprint density at radius 3 is 3.00 bits per heavy atom. The number of aromatic amines is 1. The fourth-order valence-corrected chi connectivity index (χ4v) is 2.37. The summed E-state index contributed by atoms with van der Waals surface area (Å²) in [6, 6.07) is 2.23. The number of fused-ring (bicyclic) bond motifs is 1. The van der Waals surface area contributed by atoms with E-state index in [0.29, 0.717) is 17.9 Å². The Kier molecular flexibility index (Phi) is 2.94. The molecule has 2 heterocycles. The number of hydrogen-bond acceptors (Lipinski definition) is 3. The molecule has 1 aromatic carbocycles. The molecule has 0 spiro atoms. The van der Waals surface area contributed by atoms with Crippen LogP contribution in [0.5, 0.6) is 0 Å². The molecule has 2 N–H and O–H groups in total. The molecule has 3 rings (SSSR count). The highest BCUT2D eigenvalue weighted by molar-refractivity contribution is 6.00. The number of rotatable bonds is 2. The van der Waals surface area contributed by atoms with Crippen LogP contribution in [-0.2, 0) is 4.74 Å². The second-order valence-electron chi connectivity index (χ2n) is 4.63. The summed E-state index contributed by atoms with van der Waals surface area (Å²) in [7, 11) is 0. The third-order valence-electron chi connectivity index (χ3n) is 3.28. The monoisotopic (exact) mass is 264 g/mol. The van der Waals surface area contributed by atoms with Crippen LogP contribution in [0, 0.1) is 5.82 Å². The molecule has 0 aliphatic carbocycles. The number of carbonyl (C=O) groups is 1. The Bertz CT molecular complexity index is 632. The summed E-state index contributed by atoms with van der Waals surface area (Å²) in [5.74, 6) is -1.21. The number of imidazole rings is 1. The molecule has 0 saturated carbocycles. The van der Waals surface area contributed by atoms with Crippen molar-refractivity contribution in [2.45, 2.75) is 25.4 Å². The first-order valence-electron chi connectivity index (χ1n) is 6.19. The van der Waals surface area contributed by atoms with Gasteiger partial charge in [0.2, 0.25) is 0 Å². The van der Waals surface area contributed by atoms with Crippen LogP contribution in [0.25, 0.3) is 11.0 Å². The van der Waals surface area contributed by atoms with Crippen LogP contribution in [0.1, 0.15) is 41.5 Å². The van der Waals surface area contributed by atoms with Crippen LogP contribution in [0.2, 0.25) is 0 Å². The maximum atomic E-state index is 13.4. The number of ether oxygens (including phenoxy) is 1. The number of H-pyrrole nitrogens is 1. The van der Waals surface area contributed by atoms with Crippen molar-refractivity contribution in [1.82, 2.24) is 9.97 Å². The fraction of sp³-hybridized carbons (Fsp3) is 0.385. The molecule has 19 heavy (non-hydrogen) atoms.